The summed E-state index contributed by atoms with van der Waals surface area (Å²) in [5, 5.41) is 16.0. The van der Waals surface area contributed by atoms with Crippen LogP contribution in [-0.2, 0) is 13.0 Å². The summed E-state index contributed by atoms with van der Waals surface area (Å²) in [4.78, 5) is 6.66. The third kappa shape index (κ3) is 7.87. The second-order valence-electron chi connectivity index (χ2n) is 7.92. The molecule has 2 aromatic rings. The number of thiazole rings is 1. The van der Waals surface area contributed by atoms with Crippen LogP contribution >= 0.6 is 11.3 Å². The Hall–Kier alpha value is -1.67. The van der Waals surface area contributed by atoms with Crippen molar-refractivity contribution in [1.82, 2.24) is 15.2 Å². The maximum Gasteiger partial charge on any atom is 0.161 e. The molecular weight excluding hydrogens is 398 g/mol. The van der Waals surface area contributed by atoms with Gasteiger partial charge in [-0.3, -0.25) is 0 Å². The van der Waals surface area contributed by atoms with E-state index in [9.17, 15) is 5.11 Å². The molecule has 1 saturated heterocycles. The van der Waals surface area contributed by atoms with Gasteiger partial charge in [-0.2, -0.15) is 0 Å². The molecule has 6 nitrogen and oxygen atoms in total. The number of benzene rings is 1. The first-order valence-electron chi connectivity index (χ1n) is 11.0. The van der Waals surface area contributed by atoms with Gasteiger partial charge in [-0.15, -0.1) is 11.3 Å². The molecule has 166 valence electrons. The molecule has 0 saturated carbocycles. The van der Waals surface area contributed by atoms with E-state index in [1.807, 2.05) is 23.7 Å². The number of hydrogen-bond donors (Lipinski definition) is 2. The molecule has 0 amide bonds. The molecule has 0 aliphatic carbocycles. The maximum atomic E-state index is 10.4. The van der Waals surface area contributed by atoms with Gasteiger partial charge < -0.3 is 24.8 Å². The molecule has 2 heterocycles. The number of methoxy groups -OCH3 is 1. The molecule has 1 fully saturated rings. The third-order valence-electron chi connectivity index (χ3n) is 5.45. The first-order chi connectivity index (χ1) is 14.7. The molecule has 0 radical (unpaired) electrons. The largest absolute Gasteiger partial charge is 0.493 e. The summed E-state index contributed by atoms with van der Waals surface area (Å²) < 4.78 is 11.4. The Morgan fingerprint density at radius 2 is 1.97 bits per heavy atom. The van der Waals surface area contributed by atoms with Crippen molar-refractivity contribution in [3.8, 4) is 11.5 Å². The van der Waals surface area contributed by atoms with Gasteiger partial charge >= 0.3 is 0 Å². The number of hydrogen-bond acceptors (Lipinski definition) is 7. The molecule has 1 aromatic carbocycles. The first kappa shape index (κ1) is 23.0. The van der Waals surface area contributed by atoms with E-state index in [0.717, 1.165) is 43.9 Å². The number of β-amino-alcohol motifs (C(OH)–C–C–N with tert-alkyl or cyclic N) is 1. The summed E-state index contributed by atoms with van der Waals surface area (Å²) in [6.07, 6.45) is 6.81. The lowest BCUT2D eigenvalue weighted by Crippen LogP contribution is -2.37. The minimum absolute atomic E-state index is 0.276. The zero-order valence-electron chi connectivity index (χ0n) is 18.0. The van der Waals surface area contributed by atoms with Gasteiger partial charge in [0.25, 0.3) is 0 Å². The third-order valence-corrected chi connectivity index (χ3v) is 6.08. The number of aliphatic hydroxyl groups excluding tert-OH is 1. The topological polar surface area (TPSA) is 66.8 Å². The average molecular weight is 434 g/mol. The lowest BCUT2D eigenvalue weighted by Gasteiger charge is -2.26. The Labute approximate surface area is 184 Å². The van der Waals surface area contributed by atoms with Crippen LogP contribution in [0.4, 0.5) is 0 Å². The van der Waals surface area contributed by atoms with Crippen LogP contribution in [0.25, 0.3) is 0 Å². The minimum Gasteiger partial charge on any atom is -0.493 e. The summed E-state index contributed by atoms with van der Waals surface area (Å²) in [5.41, 5.74) is 4.13. The van der Waals surface area contributed by atoms with Crippen molar-refractivity contribution < 1.29 is 14.6 Å². The van der Waals surface area contributed by atoms with Crippen LogP contribution in [0.3, 0.4) is 0 Å². The maximum absolute atomic E-state index is 10.4. The molecule has 1 aromatic heterocycles. The summed E-state index contributed by atoms with van der Waals surface area (Å²) in [7, 11) is 1.65. The van der Waals surface area contributed by atoms with E-state index in [1.54, 1.807) is 18.4 Å². The van der Waals surface area contributed by atoms with Crippen molar-refractivity contribution in [3.63, 3.8) is 0 Å². The van der Waals surface area contributed by atoms with E-state index in [0.29, 0.717) is 18.0 Å². The number of rotatable bonds is 11. The van der Waals surface area contributed by atoms with Gasteiger partial charge in [0.05, 0.1) is 18.3 Å². The van der Waals surface area contributed by atoms with Crippen molar-refractivity contribution in [2.24, 2.45) is 0 Å². The fraction of sp³-hybridized carbons (Fsp3) is 0.609. The van der Waals surface area contributed by atoms with Gasteiger partial charge in [-0.1, -0.05) is 25.3 Å². The van der Waals surface area contributed by atoms with Gasteiger partial charge in [-0.05, 0) is 43.6 Å². The lowest BCUT2D eigenvalue weighted by atomic mass is 10.1. The molecule has 1 aliphatic rings. The molecule has 7 heteroatoms. The monoisotopic (exact) mass is 433 g/mol. The molecule has 1 atom stereocenters. The standard InChI is InChI=1S/C23H35N3O3S/c1-28-23-13-19(14-24-10-9-20-17-30-18-25-20)7-8-22(23)29-16-21(27)15-26-11-5-3-2-4-6-12-26/h7-8,13,17-18,21,24,27H,2-6,9-12,14-16H2,1H3. The number of aliphatic hydroxyl groups is 1. The van der Waals surface area contributed by atoms with Crippen LogP contribution in [0.2, 0.25) is 0 Å². The highest BCUT2D eigenvalue weighted by molar-refractivity contribution is 7.07. The van der Waals surface area contributed by atoms with Crippen LogP contribution in [0.15, 0.2) is 29.1 Å². The zero-order valence-corrected chi connectivity index (χ0v) is 18.8. The van der Waals surface area contributed by atoms with Crippen molar-refractivity contribution >= 4 is 11.3 Å². The van der Waals surface area contributed by atoms with Gasteiger partial charge in [0.2, 0.25) is 0 Å². The van der Waals surface area contributed by atoms with E-state index in [4.69, 9.17) is 9.47 Å². The molecular formula is C23H35N3O3S. The Balaban J connectivity index is 1.42. The van der Waals surface area contributed by atoms with Crippen molar-refractivity contribution in [2.45, 2.75) is 51.2 Å². The van der Waals surface area contributed by atoms with Gasteiger partial charge in [-0.25, -0.2) is 4.98 Å². The van der Waals surface area contributed by atoms with E-state index in [1.165, 1.54) is 32.1 Å². The highest BCUT2D eigenvalue weighted by atomic mass is 32.1. The quantitative estimate of drug-likeness (QED) is 0.529. The summed E-state index contributed by atoms with van der Waals surface area (Å²) in [5.74, 6) is 1.38. The highest BCUT2D eigenvalue weighted by Gasteiger charge is 2.15. The molecule has 2 N–H and O–H groups in total. The average Bonchev–Trinajstić information content (AvgIpc) is 3.25. The molecule has 0 spiro atoms. The number of aromatic nitrogens is 1. The second-order valence-corrected chi connectivity index (χ2v) is 8.64. The SMILES string of the molecule is COc1cc(CNCCc2cscn2)ccc1OCC(O)CN1CCCCCCC1. The van der Waals surface area contributed by atoms with E-state index in [2.05, 4.69) is 20.6 Å². The van der Waals surface area contributed by atoms with Crippen LogP contribution in [0.5, 0.6) is 11.5 Å². The van der Waals surface area contributed by atoms with E-state index < -0.39 is 6.10 Å². The molecule has 0 bridgehead atoms. The number of likely N-dealkylation sites (tertiary alicyclic amines) is 1. The Kier molecular flexibility index (Phi) is 9.89. The number of ether oxygens (including phenoxy) is 2. The highest BCUT2D eigenvalue weighted by Crippen LogP contribution is 2.28. The normalized spacial score (nSPS) is 16.6. The van der Waals surface area contributed by atoms with Crippen molar-refractivity contribution in [1.29, 1.82) is 0 Å². The smallest absolute Gasteiger partial charge is 0.161 e. The Morgan fingerprint density at radius 1 is 1.17 bits per heavy atom. The number of nitrogens with one attached hydrogen (secondary N) is 1. The van der Waals surface area contributed by atoms with Crippen LogP contribution in [-0.4, -0.2) is 61.0 Å². The van der Waals surface area contributed by atoms with Crippen molar-refractivity contribution in [3.05, 3.63) is 40.3 Å². The van der Waals surface area contributed by atoms with E-state index >= 15 is 0 Å². The predicted molar refractivity (Wildman–Crippen MR) is 122 cm³/mol. The molecule has 30 heavy (non-hydrogen) atoms. The fourth-order valence-corrected chi connectivity index (χ4v) is 4.38. The first-order valence-corrected chi connectivity index (χ1v) is 12.0. The van der Waals surface area contributed by atoms with Crippen LogP contribution in [0, 0.1) is 0 Å². The Bertz CT molecular complexity index is 718. The van der Waals surface area contributed by atoms with Crippen LogP contribution < -0.4 is 14.8 Å². The molecule has 3 rings (SSSR count). The van der Waals surface area contributed by atoms with E-state index in [-0.39, 0.29) is 6.61 Å². The molecule has 1 unspecified atom stereocenters. The number of nitrogens with zero attached hydrogens (tertiary/aromatic N) is 2. The second kappa shape index (κ2) is 12.9. The van der Waals surface area contributed by atoms with Crippen molar-refractivity contribution in [2.75, 3.05) is 39.9 Å². The zero-order chi connectivity index (χ0) is 21.0. The Morgan fingerprint density at radius 3 is 2.70 bits per heavy atom. The predicted octanol–water partition coefficient (Wildman–Crippen LogP) is 3.49. The summed E-state index contributed by atoms with van der Waals surface area (Å²) in [6, 6.07) is 5.97. The fourth-order valence-electron chi connectivity index (χ4n) is 3.78. The lowest BCUT2D eigenvalue weighted by molar-refractivity contribution is 0.0645. The van der Waals surface area contributed by atoms with Crippen LogP contribution in [0.1, 0.15) is 43.4 Å². The molecule has 1 aliphatic heterocycles. The van der Waals surface area contributed by atoms with Gasteiger partial charge in [0.15, 0.2) is 11.5 Å². The van der Waals surface area contributed by atoms with Gasteiger partial charge in [0.1, 0.15) is 12.7 Å². The summed E-state index contributed by atoms with van der Waals surface area (Å²) in [6.45, 7) is 4.74. The van der Waals surface area contributed by atoms with Gasteiger partial charge in [0, 0.05) is 31.4 Å². The summed E-state index contributed by atoms with van der Waals surface area (Å²) >= 11 is 1.63. The minimum atomic E-state index is -0.499.